The third-order valence-electron chi connectivity index (χ3n) is 4.84. The number of amides is 1. The van der Waals surface area contributed by atoms with E-state index < -0.39 is 5.91 Å². The van der Waals surface area contributed by atoms with Crippen LogP contribution in [0.4, 0.5) is 5.69 Å². The van der Waals surface area contributed by atoms with Crippen molar-refractivity contribution in [3.63, 3.8) is 0 Å². The van der Waals surface area contributed by atoms with Crippen molar-refractivity contribution < 1.29 is 9.53 Å². The Labute approximate surface area is 203 Å². The number of aryl methyl sites for hydroxylation is 1. The molecule has 0 heterocycles. The van der Waals surface area contributed by atoms with Crippen LogP contribution in [0.1, 0.15) is 22.3 Å². The summed E-state index contributed by atoms with van der Waals surface area (Å²) in [6.07, 6.45) is 3.88. The number of allylic oxidation sites excluding steroid dienone is 1. The van der Waals surface area contributed by atoms with Crippen LogP contribution in [-0.2, 0) is 17.8 Å². The molecule has 0 fully saturated rings. The van der Waals surface area contributed by atoms with E-state index in [-0.39, 0.29) is 10.6 Å². The van der Waals surface area contributed by atoms with E-state index >= 15 is 0 Å². The van der Waals surface area contributed by atoms with Crippen LogP contribution in [0.3, 0.4) is 0 Å². The molecule has 0 radical (unpaired) electrons. The quantitative estimate of drug-likeness (QED) is 0.213. The molecular formula is C27H22Cl2N2O2. The van der Waals surface area contributed by atoms with Gasteiger partial charge in [0.15, 0.2) is 0 Å². The molecular weight excluding hydrogens is 455 g/mol. The van der Waals surface area contributed by atoms with Crippen molar-refractivity contribution in [2.45, 2.75) is 20.0 Å². The number of carbonyl (C=O) groups is 1. The summed E-state index contributed by atoms with van der Waals surface area (Å²) in [7, 11) is 0. The molecule has 3 aromatic carbocycles. The number of carbonyl (C=O) groups excluding carboxylic acids is 1. The van der Waals surface area contributed by atoms with E-state index in [0.717, 1.165) is 16.9 Å². The summed E-state index contributed by atoms with van der Waals surface area (Å²) in [5.74, 6) is 0.146. The van der Waals surface area contributed by atoms with E-state index in [0.29, 0.717) is 29.3 Å². The molecule has 0 bridgehead atoms. The van der Waals surface area contributed by atoms with Gasteiger partial charge in [-0.25, -0.2) is 0 Å². The Hall–Kier alpha value is -3.52. The smallest absolute Gasteiger partial charge is 0.266 e. The van der Waals surface area contributed by atoms with Crippen LogP contribution in [-0.4, -0.2) is 5.91 Å². The van der Waals surface area contributed by atoms with Gasteiger partial charge in [0.1, 0.15) is 24.0 Å². The zero-order valence-corrected chi connectivity index (χ0v) is 19.6. The Balaban J connectivity index is 1.80. The highest BCUT2D eigenvalue weighted by Gasteiger charge is 2.13. The van der Waals surface area contributed by atoms with Crippen molar-refractivity contribution in [1.29, 1.82) is 5.26 Å². The Bertz CT molecular complexity index is 1240. The number of nitrogens with one attached hydrogen (secondary N) is 1. The molecule has 0 aliphatic carbocycles. The Morgan fingerprint density at radius 1 is 1.15 bits per heavy atom. The van der Waals surface area contributed by atoms with Crippen molar-refractivity contribution >= 4 is 40.9 Å². The molecule has 166 valence electrons. The summed E-state index contributed by atoms with van der Waals surface area (Å²) in [5.41, 5.74) is 4.13. The fraction of sp³-hybridized carbons (Fsp3) is 0.111. The van der Waals surface area contributed by atoms with Crippen LogP contribution in [0, 0.1) is 18.3 Å². The minimum absolute atomic E-state index is 0.0658. The highest BCUT2D eigenvalue weighted by Crippen LogP contribution is 2.30. The zero-order valence-electron chi connectivity index (χ0n) is 18.1. The molecule has 1 N–H and O–H groups in total. The van der Waals surface area contributed by atoms with Gasteiger partial charge < -0.3 is 10.1 Å². The van der Waals surface area contributed by atoms with Gasteiger partial charge in [-0.15, -0.1) is 6.58 Å². The van der Waals surface area contributed by atoms with Crippen LogP contribution >= 0.6 is 23.2 Å². The lowest BCUT2D eigenvalue weighted by molar-refractivity contribution is -0.112. The van der Waals surface area contributed by atoms with Crippen LogP contribution in [0.25, 0.3) is 6.08 Å². The van der Waals surface area contributed by atoms with Crippen molar-refractivity contribution in [2.24, 2.45) is 0 Å². The largest absolute Gasteiger partial charge is 0.489 e. The molecule has 1 amide bonds. The highest BCUT2D eigenvalue weighted by atomic mass is 35.5. The summed E-state index contributed by atoms with van der Waals surface area (Å²) in [4.78, 5) is 12.6. The number of rotatable bonds is 8. The van der Waals surface area contributed by atoms with Gasteiger partial charge in [-0.2, -0.15) is 5.26 Å². The molecule has 6 heteroatoms. The van der Waals surface area contributed by atoms with Crippen LogP contribution in [0.2, 0.25) is 10.0 Å². The first-order valence-electron chi connectivity index (χ1n) is 10.2. The molecule has 0 aromatic heterocycles. The van der Waals surface area contributed by atoms with Crippen molar-refractivity contribution in [3.05, 3.63) is 111 Å². The summed E-state index contributed by atoms with van der Waals surface area (Å²) in [6, 6.07) is 20.5. The zero-order chi connectivity index (χ0) is 23.8. The molecule has 3 rings (SSSR count). The second kappa shape index (κ2) is 11.4. The SMILES string of the molecule is C=CCc1cc(/C=C(/C#N)C(=O)Nc2cccc(Cl)c2Cl)ccc1OCc1ccc(C)cc1. The number of hydrogen-bond donors (Lipinski definition) is 1. The number of anilines is 1. The van der Waals surface area contributed by atoms with Gasteiger partial charge in [0.05, 0.1) is 15.7 Å². The molecule has 0 spiro atoms. The van der Waals surface area contributed by atoms with Crippen molar-refractivity contribution in [2.75, 3.05) is 5.32 Å². The fourth-order valence-electron chi connectivity index (χ4n) is 3.10. The molecule has 33 heavy (non-hydrogen) atoms. The monoisotopic (exact) mass is 476 g/mol. The molecule has 0 saturated heterocycles. The second-order valence-electron chi connectivity index (χ2n) is 7.36. The Morgan fingerprint density at radius 3 is 2.61 bits per heavy atom. The second-order valence-corrected chi connectivity index (χ2v) is 8.14. The van der Waals surface area contributed by atoms with Gasteiger partial charge in [0, 0.05) is 0 Å². The average Bonchev–Trinajstić information content (AvgIpc) is 2.81. The van der Waals surface area contributed by atoms with Gasteiger partial charge >= 0.3 is 0 Å². The summed E-state index contributed by atoms with van der Waals surface area (Å²) in [5, 5.41) is 12.7. The number of benzene rings is 3. The average molecular weight is 477 g/mol. The number of halogens is 2. The topological polar surface area (TPSA) is 62.1 Å². The van der Waals surface area contributed by atoms with Crippen molar-refractivity contribution in [3.8, 4) is 11.8 Å². The first-order valence-corrected chi connectivity index (χ1v) is 11.0. The maximum Gasteiger partial charge on any atom is 0.266 e. The van der Waals surface area contributed by atoms with Gasteiger partial charge in [-0.05, 0) is 60.4 Å². The van der Waals surface area contributed by atoms with Crippen LogP contribution < -0.4 is 10.1 Å². The van der Waals surface area contributed by atoms with E-state index in [2.05, 4.69) is 11.9 Å². The molecule has 3 aromatic rings. The predicted octanol–water partition coefficient (Wildman–Crippen LogP) is 7.16. The van der Waals surface area contributed by atoms with Crippen molar-refractivity contribution in [1.82, 2.24) is 0 Å². The van der Waals surface area contributed by atoms with E-state index in [4.69, 9.17) is 27.9 Å². The molecule has 0 aliphatic heterocycles. The minimum Gasteiger partial charge on any atom is -0.489 e. The maximum atomic E-state index is 12.6. The van der Waals surface area contributed by atoms with Crippen LogP contribution in [0.15, 0.2) is 78.9 Å². The third-order valence-corrected chi connectivity index (χ3v) is 5.66. The van der Waals surface area contributed by atoms with Gasteiger partial charge in [0.2, 0.25) is 0 Å². The van der Waals surface area contributed by atoms with Gasteiger partial charge in [0.25, 0.3) is 5.91 Å². The predicted molar refractivity (Wildman–Crippen MR) is 135 cm³/mol. The minimum atomic E-state index is -0.577. The van der Waals surface area contributed by atoms with Gasteiger partial charge in [-0.3, -0.25) is 4.79 Å². The fourth-order valence-corrected chi connectivity index (χ4v) is 3.44. The third kappa shape index (κ3) is 6.49. The Kier molecular flexibility index (Phi) is 8.32. The molecule has 0 saturated carbocycles. The highest BCUT2D eigenvalue weighted by molar-refractivity contribution is 6.44. The first kappa shape index (κ1) is 24.1. The Morgan fingerprint density at radius 2 is 1.91 bits per heavy atom. The summed E-state index contributed by atoms with van der Waals surface area (Å²) < 4.78 is 6.01. The summed E-state index contributed by atoms with van der Waals surface area (Å²) >= 11 is 12.1. The van der Waals surface area contributed by atoms with Crippen LogP contribution in [0.5, 0.6) is 5.75 Å². The lowest BCUT2D eigenvalue weighted by atomic mass is 10.0. The van der Waals surface area contributed by atoms with Gasteiger partial charge in [-0.1, -0.05) is 71.2 Å². The molecule has 0 unspecified atom stereocenters. The standard InChI is InChI=1S/C27H22Cl2N2O2/c1-3-5-21-14-20(12-13-25(21)33-17-19-10-8-18(2)9-11-19)15-22(16-30)27(32)31-24-7-4-6-23(28)26(24)29/h3-4,6-15H,1,5,17H2,2H3,(H,31,32)/b22-15-. The van der Waals surface area contributed by atoms with E-state index in [1.54, 1.807) is 30.3 Å². The van der Waals surface area contributed by atoms with E-state index in [1.165, 1.54) is 11.6 Å². The number of ether oxygens (including phenoxy) is 1. The normalized spacial score (nSPS) is 10.9. The number of hydrogen-bond acceptors (Lipinski definition) is 3. The number of nitrogens with zero attached hydrogens (tertiary/aromatic N) is 1. The van der Waals surface area contributed by atoms with E-state index in [1.807, 2.05) is 49.4 Å². The molecule has 0 aliphatic rings. The first-order chi connectivity index (χ1) is 15.9. The number of nitriles is 1. The van der Waals surface area contributed by atoms with E-state index in [9.17, 15) is 10.1 Å². The molecule has 4 nitrogen and oxygen atoms in total. The lowest BCUT2D eigenvalue weighted by Gasteiger charge is -2.12. The lowest BCUT2D eigenvalue weighted by Crippen LogP contribution is -2.13. The maximum absolute atomic E-state index is 12.6. The molecule has 0 atom stereocenters. The summed E-state index contributed by atoms with van der Waals surface area (Å²) in [6.45, 7) is 6.29.